The Morgan fingerprint density at radius 1 is 1.53 bits per heavy atom. The van der Waals surface area contributed by atoms with Crippen LogP contribution in [0.4, 0.5) is 0 Å². The van der Waals surface area contributed by atoms with Gasteiger partial charge in [-0.3, -0.25) is 4.79 Å². The molecule has 1 unspecified atom stereocenters. The average molecular weight is 232 g/mol. The highest BCUT2D eigenvalue weighted by atomic mass is 16.5. The fourth-order valence-electron chi connectivity index (χ4n) is 2.91. The summed E-state index contributed by atoms with van der Waals surface area (Å²) in [7, 11) is 0. The van der Waals surface area contributed by atoms with Crippen LogP contribution in [-0.2, 0) is 16.6 Å². The molecule has 1 atom stereocenters. The summed E-state index contributed by atoms with van der Waals surface area (Å²) in [6.07, 6.45) is 3.35. The molecule has 0 bridgehead atoms. The Morgan fingerprint density at radius 3 is 2.94 bits per heavy atom. The zero-order chi connectivity index (χ0) is 12.0. The van der Waals surface area contributed by atoms with Gasteiger partial charge in [0, 0.05) is 17.4 Å². The van der Waals surface area contributed by atoms with Crippen molar-refractivity contribution in [3.05, 3.63) is 29.3 Å². The van der Waals surface area contributed by atoms with Crippen LogP contribution in [0, 0.1) is 0 Å². The van der Waals surface area contributed by atoms with Gasteiger partial charge in [-0.15, -0.1) is 0 Å². The van der Waals surface area contributed by atoms with Crippen molar-refractivity contribution in [3.63, 3.8) is 0 Å². The topological polar surface area (TPSA) is 46.5 Å². The lowest BCUT2D eigenvalue weighted by Gasteiger charge is -2.16. The van der Waals surface area contributed by atoms with Crippen LogP contribution in [0.25, 0.3) is 0 Å². The maximum absolute atomic E-state index is 11.0. The van der Waals surface area contributed by atoms with E-state index in [1.807, 2.05) is 12.1 Å². The fourth-order valence-corrected chi connectivity index (χ4v) is 2.91. The minimum Gasteiger partial charge on any atom is -0.490 e. The molecule has 1 aliphatic carbocycles. The molecule has 0 amide bonds. The first-order valence-electron chi connectivity index (χ1n) is 6.11. The van der Waals surface area contributed by atoms with Crippen molar-refractivity contribution in [2.24, 2.45) is 0 Å². The number of rotatable bonds is 3. The second-order valence-corrected chi connectivity index (χ2v) is 5.27. The second-order valence-electron chi connectivity index (χ2n) is 5.27. The maximum atomic E-state index is 11.0. The lowest BCUT2D eigenvalue weighted by Crippen LogP contribution is -2.15. The number of benzene rings is 1. The quantitative estimate of drug-likeness (QED) is 0.871. The van der Waals surface area contributed by atoms with Gasteiger partial charge in [0.2, 0.25) is 0 Å². The standard InChI is InChI=1S/C14H16O3/c1-9-7-10-11(3-2-4-12(10)17-9)14(5-6-14)8-13(15)16/h2-4,9H,5-8H2,1H3,(H,15,16). The summed E-state index contributed by atoms with van der Waals surface area (Å²) < 4.78 is 5.73. The third kappa shape index (κ3) is 1.70. The van der Waals surface area contributed by atoms with Crippen LogP contribution >= 0.6 is 0 Å². The molecule has 90 valence electrons. The van der Waals surface area contributed by atoms with Gasteiger partial charge in [-0.1, -0.05) is 12.1 Å². The van der Waals surface area contributed by atoms with Crippen molar-refractivity contribution in [2.75, 3.05) is 0 Å². The molecule has 0 radical (unpaired) electrons. The highest BCUT2D eigenvalue weighted by Crippen LogP contribution is 2.54. The van der Waals surface area contributed by atoms with E-state index < -0.39 is 5.97 Å². The Hall–Kier alpha value is -1.51. The highest BCUT2D eigenvalue weighted by molar-refractivity contribution is 5.70. The van der Waals surface area contributed by atoms with Gasteiger partial charge in [0.1, 0.15) is 11.9 Å². The normalized spacial score (nSPS) is 23.9. The molecule has 3 rings (SSSR count). The fraction of sp³-hybridized carbons (Fsp3) is 0.500. The Labute approximate surface area is 100 Å². The number of carbonyl (C=O) groups is 1. The third-order valence-corrected chi connectivity index (χ3v) is 3.87. The summed E-state index contributed by atoms with van der Waals surface area (Å²) >= 11 is 0. The van der Waals surface area contributed by atoms with Crippen LogP contribution in [0.15, 0.2) is 18.2 Å². The minimum atomic E-state index is -0.702. The van der Waals surface area contributed by atoms with E-state index in [4.69, 9.17) is 9.84 Å². The van der Waals surface area contributed by atoms with Crippen LogP contribution in [0.1, 0.15) is 37.3 Å². The van der Waals surface area contributed by atoms with Gasteiger partial charge in [-0.05, 0) is 31.4 Å². The Balaban J connectivity index is 2.00. The van der Waals surface area contributed by atoms with Crippen molar-refractivity contribution >= 4 is 5.97 Å². The smallest absolute Gasteiger partial charge is 0.304 e. The van der Waals surface area contributed by atoms with Crippen molar-refractivity contribution < 1.29 is 14.6 Å². The van der Waals surface area contributed by atoms with E-state index in [1.54, 1.807) is 0 Å². The zero-order valence-electron chi connectivity index (χ0n) is 9.90. The van der Waals surface area contributed by atoms with E-state index in [9.17, 15) is 4.79 Å². The molecule has 17 heavy (non-hydrogen) atoms. The summed E-state index contributed by atoms with van der Waals surface area (Å²) in [4.78, 5) is 11.0. The number of aliphatic carboxylic acids is 1. The van der Waals surface area contributed by atoms with Crippen LogP contribution < -0.4 is 4.74 Å². The van der Waals surface area contributed by atoms with Crippen LogP contribution in [-0.4, -0.2) is 17.2 Å². The first-order valence-corrected chi connectivity index (χ1v) is 6.11. The van der Waals surface area contributed by atoms with Gasteiger partial charge in [0.25, 0.3) is 0 Å². The molecule has 3 heteroatoms. The summed E-state index contributed by atoms with van der Waals surface area (Å²) in [5, 5.41) is 9.02. The van der Waals surface area contributed by atoms with Crippen LogP contribution in [0.2, 0.25) is 0 Å². The number of carboxylic acid groups (broad SMARTS) is 1. The lowest BCUT2D eigenvalue weighted by molar-refractivity contribution is -0.137. The van der Waals surface area contributed by atoms with E-state index >= 15 is 0 Å². The molecule has 1 aliphatic heterocycles. The molecule has 1 saturated carbocycles. The molecule has 1 aromatic carbocycles. The minimum absolute atomic E-state index is 0.107. The molecule has 1 N–H and O–H groups in total. The number of ether oxygens (including phenoxy) is 1. The molecule has 0 aromatic heterocycles. The van der Waals surface area contributed by atoms with E-state index in [2.05, 4.69) is 13.0 Å². The molecular weight excluding hydrogens is 216 g/mol. The van der Waals surface area contributed by atoms with E-state index in [0.29, 0.717) is 0 Å². The summed E-state index contributed by atoms with van der Waals surface area (Å²) in [6.45, 7) is 2.06. The summed E-state index contributed by atoms with van der Waals surface area (Å²) in [5.74, 6) is 0.249. The monoisotopic (exact) mass is 232 g/mol. The van der Waals surface area contributed by atoms with E-state index in [1.165, 1.54) is 11.1 Å². The number of carboxylic acids is 1. The van der Waals surface area contributed by atoms with Gasteiger partial charge in [0.05, 0.1) is 6.42 Å². The first kappa shape index (κ1) is 10.6. The SMILES string of the molecule is CC1Cc2c(cccc2C2(CC(=O)O)CC2)O1. The lowest BCUT2D eigenvalue weighted by atomic mass is 9.87. The van der Waals surface area contributed by atoms with Gasteiger partial charge in [-0.2, -0.15) is 0 Å². The number of hydrogen-bond donors (Lipinski definition) is 1. The van der Waals surface area contributed by atoms with Gasteiger partial charge in [-0.25, -0.2) is 0 Å². The predicted octanol–water partition coefficient (Wildman–Crippen LogP) is 2.52. The van der Waals surface area contributed by atoms with Gasteiger partial charge < -0.3 is 9.84 Å². The maximum Gasteiger partial charge on any atom is 0.304 e. The van der Waals surface area contributed by atoms with Crippen LogP contribution in [0.3, 0.4) is 0 Å². The number of hydrogen-bond acceptors (Lipinski definition) is 2. The van der Waals surface area contributed by atoms with Crippen molar-refractivity contribution in [2.45, 2.75) is 44.1 Å². The van der Waals surface area contributed by atoms with E-state index in [0.717, 1.165) is 25.0 Å². The first-order chi connectivity index (χ1) is 8.11. The molecule has 2 aliphatic rings. The molecule has 0 saturated heterocycles. The molecule has 1 fully saturated rings. The summed E-state index contributed by atoms with van der Waals surface area (Å²) in [5.41, 5.74) is 2.34. The molecule has 1 aromatic rings. The zero-order valence-corrected chi connectivity index (χ0v) is 9.90. The Morgan fingerprint density at radius 2 is 2.29 bits per heavy atom. The van der Waals surface area contributed by atoms with Gasteiger partial charge >= 0.3 is 5.97 Å². The van der Waals surface area contributed by atoms with Crippen LogP contribution in [0.5, 0.6) is 5.75 Å². The molecule has 3 nitrogen and oxygen atoms in total. The Kier molecular flexibility index (Phi) is 2.18. The molecule has 1 heterocycles. The number of fused-ring (bicyclic) bond motifs is 1. The van der Waals surface area contributed by atoms with Crippen molar-refractivity contribution in [1.29, 1.82) is 0 Å². The second kappa shape index (κ2) is 3.49. The largest absolute Gasteiger partial charge is 0.490 e. The van der Waals surface area contributed by atoms with Gasteiger partial charge in [0.15, 0.2) is 0 Å². The van der Waals surface area contributed by atoms with Crippen molar-refractivity contribution in [1.82, 2.24) is 0 Å². The third-order valence-electron chi connectivity index (χ3n) is 3.87. The molecular formula is C14H16O3. The average Bonchev–Trinajstić information content (AvgIpc) is 2.90. The molecule has 0 spiro atoms. The van der Waals surface area contributed by atoms with Crippen molar-refractivity contribution in [3.8, 4) is 5.75 Å². The highest BCUT2D eigenvalue weighted by Gasteiger charge is 2.48. The van der Waals surface area contributed by atoms with E-state index in [-0.39, 0.29) is 17.9 Å². The predicted molar refractivity (Wildman–Crippen MR) is 63.4 cm³/mol. The Bertz CT molecular complexity index is 474. The summed E-state index contributed by atoms with van der Waals surface area (Å²) in [6, 6.07) is 6.05.